The van der Waals surface area contributed by atoms with Crippen molar-refractivity contribution in [3.05, 3.63) is 64.0 Å². The summed E-state index contributed by atoms with van der Waals surface area (Å²) in [6.45, 7) is 6.62. The van der Waals surface area contributed by atoms with Crippen molar-refractivity contribution in [2.45, 2.75) is 52.2 Å². The van der Waals surface area contributed by atoms with Gasteiger partial charge in [-0.3, -0.25) is 4.79 Å². The van der Waals surface area contributed by atoms with Crippen LogP contribution in [0.4, 0.5) is 10.5 Å². The molecule has 0 aliphatic heterocycles. The Bertz CT molecular complexity index is 1260. The van der Waals surface area contributed by atoms with Crippen molar-refractivity contribution in [2.24, 2.45) is 0 Å². The molecule has 0 aliphatic carbocycles. The number of phenolic OH excluding ortho intramolecular Hbond substituents is 1. The number of fused-ring (bicyclic) bond motifs is 1. The summed E-state index contributed by atoms with van der Waals surface area (Å²) in [6.07, 6.45) is -0.116. The standard InChI is InChI=1S/C25H28N2O7/c1-14-18(28)13-11-16-20(29)19(23(31)33-21(14)16)27-22(30)17(26-24(32)34-25(2,3)4)12-10-15-8-6-5-7-9-15/h5-9,11,13,17,28-29H,10,12H2,1-4H3,(H,26,32)(H,27,30). The summed E-state index contributed by atoms with van der Waals surface area (Å²) in [5, 5.41) is 25.6. The van der Waals surface area contributed by atoms with E-state index in [1.54, 1.807) is 20.8 Å². The van der Waals surface area contributed by atoms with E-state index in [1.165, 1.54) is 19.1 Å². The molecule has 0 saturated heterocycles. The minimum Gasteiger partial charge on any atom is -0.508 e. The van der Waals surface area contributed by atoms with Gasteiger partial charge < -0.3 is 30.0 Å². The van der Waals surface area contributed by atoms with Crippen LogP contribution in [0.2, 0.25) is 0 Å². The van der Waals surface area contributed by atoms with Crippen molar-refractivity contribution in [1.82, 2.24) is 5.32 Å². The summed E-state index contributed by atoms with van der Waals surface area (Å²) in [5.74, 6) is -1.32. The molecule has 0 aliphatic rings. The van der Waals surface area contributed by atoms with E-state index in [0.29, 0.717) is 6.42 Å². The van der Waals surface area contributed by atoms with E-state index in [1.807, 2.05) is 30.3 Å². The number of hydrogen-bond acceptors (Lipinski definition) is 7. The zero-order valence-electron chi connectivity index (χ0n) is 19.5. The summed E-state index contributed by atoms with van der Waals surface area (Å²) in [5.41, 5.74) is -0.992. The van der Waals surface area contributed by atoms with Crippen LogP contribution in [0.1, 0.15) is 38.3 Å². The third-order valence-corrected chi connectivity index (χ3v) is 5.09. The third kappa shape index (κ3) is 5.86. The molecular weight excluding hydrogens is 440 g/mol. The van der Waals surface area contributed by atoms with Gasteiger partial charge in [0.15, 0.2) is 11.4 Å². The monoisotopic (exact) mass is 468 g/mol. The maximum Gasteiger partial charge on any atom is 0.408 e. The molecule has 0 bridgehead atoms. The van der Waals surface area contributed by atoms with E-state index >= 15 is 0 Å². The van der Waals surface area contributed by atoms with E-state index in [4.69, 9.17) is 9.15 Å². The van der Waals surface area contributed by atoms with Crippen molar-refractivity contribution >= 4 is 28.7 Å². The second-order valence-electron chi connectivity index (χ2n) is 8.91. The summed E-state index contributed by atoms with van der Waals surface area (Å²) < 4.78 is 10.5. The number of nitrogens with one attached hydrogen (secondary N) is 2. The summed E-state index contributed by atoms with van der Waals surface area (Å²) in [7, 11) is 0. The Balaban J connectivity index is 1.88. The zero-order valence-corrected chi connectivity index (χ0v) is 19.5. The van der Waals surface area contributed by atoms with Gasteiger partial charge >= 0.3 is 11.7 Å². The van der Waals surface area contributed by atoms with Crippen molar-refractivity contribution < 1.29 is 29.0 Å². The second-order valence-corrected chi connectivity index (χ2v) is 8.91. The summed E-state index contributed by atoms with van der Waals surface area (Å²) in [6, 6.07) is 11.0. The van der Waals surface area contributed by atoms with Gasteiger partial charge in [0.25, 0.3) is 0 Å². The Hall–Kier alpha value is -4.01. The Morgan fingerprint density at radius 1 is 1.09 bits per heavy atom. The smallest absolute Gasteiger partial charge is 0.408 e. The Morgan fingerprint density at radius 2 is 1.76 bits per heavy atom. The maximum atomic E-state index is 13.1. The number of rotatable bonds is 6. The van der Waals surface area contributed by atoms with E-state index in [-0.39, 0.29) is 28.7 Å². The number of ether oxygens (including phenoxy) is 1. The molecule has 9 nitrogen and oxygen atoms in total. The topological polar surface area (TPSA) is 138 Å². The predicted molar refractivity (Wildman–Crippen MR) is 127 cm³/mol. The fraction of sp³-hybridized carbons (Fsp3) is 0.320. The molecule has 2 aromatic carbocycles. The number of aryl methyl sites for hydroxylation is 2. The fourth-order valence-corrected chi connectivity index (χ4v) is 3.37. The number of alkyl carbamates (subject to hydrolysis) is 1. The summed E-state index contributed by atoms with van der Waals surface area (Å²) in [4.78, 5) is 38.0. The lowest BCUT2D eigenvalue weighted by Crippen LogP contribution is -2.46. The average Bonchev–Trinajstić information content (AvgIpc) is 2.76. The number of carbonyl (C=O) groups is 2. The number of benzene rings is 2. The maximum absolute atomic E-state index is 13.1. The van der Waals surface area contributed by atoms with Crippen LogP contribution in [0.25, 0.3) is 11.0 Å². The van der Waals surface area contributed by atoms with Crippen LogP contribution in [0, 0.1) is 6.92 Å². The van der Waals surface area contributed by atoms with Gasteiger partial charge in [0, 0.05) is 5.56 Å². The molecule has 1 atom stereocenters. The van der Waals surface area contributed by atoms with Crippen LogP contribution in [0.5, 0.6) is 11.5 Å². The lowest BCUT2D eigenvalue weighted by molar-refractivity contribution is -0.118. The third-order valence-electron chi connectivity index (χ3n) is 5.09. The molecule has 0 radical (unpaired) electrons. The first-order valence-electron chi connectivity index (χ1n) is 10.8. The quantitative estimate of drug-likeness (QED) is 0.402. The Morgan fingerprint density at radius 3 is 2.41 bits per heavy atom. The van der Waals surface area contributed by atoms with Gasteiger partial charge in [0.1, 0.15) is 23.0 Å². The van der Waals surface area contributed by atoms with E-state index in [9.17, 15) is 24.6 Å². The molecule has 0 saturated carbocycles. The molecule has 9 heteroatoms. The van der Waals surface area contributed by atoms with Crippen molar-refractivity contribution in [3.63, 3.8) is 0 Å². The molecule has 3 aromatic rings. The normalized spacial score (nSPS) is 12.2. The zero-order chi connectivity index (χ0) is 25.0. The van der Waals surface area contributed by atoms with Crippen LogP contribution in [-0.4, -0.2) is 33.9 Å². The molecule has 2 amide bonds. The molecule has 1 heterocycles. The first-order chi connectivity index (χ1) is 16.0. The van der Waals surface area contributed by atoms with Crippen molar-refractivity contribution in [3.8, 4) is 11.5 Å². The minimum atomic E-state index is -1.06. The van der Waals surface area contributed by atoms with Gasteiger partial charge in [0.05, 0.1) is 5.39 Å². The first kappa shape index (κ1) is 24.6. The van der Waals surface area contributed by atoms with Crippen molar-refractivity contribution in [2.75, 3.05) is 5.32 Å². The highest BCUT2D eigenvalue weighted by molar-refractivity contribution is 6.00. The largest absolute Gasteiger partial charge is 0.508 e. The molecule has 0 spiro atoms. The highest BCUT2D eigenvalue weighted by Gasteiger charge is 2.27. The van der Waals surface area contributed by atoms with Crippen LogP contribution in [0.15, 0.2) is 51.7 Å². The van der Waals surface area contributed by atoms with Crippen LogP contribution in [0.3, 0.4) is 0 Å². The highest BCUT2D eigenvalue weighted by atomic mass is 16.6. The Kier molecular flexibility index (Phi) is 7.14. The van der Waals surface area contributed by atoms with Crippen LogP contribution in [-0.2, 0) is 16.0 Å². The predicted octanol–water partition coefficient (Wildman–Crippen LogP) is 3.98. The number of carbonyl (C=O) groups excluding carboxylic acids is 2. The molecule has 4 N–H and O–H groups in total. The van der Waals surface area contributed by atoms with Gasteiger partial charge in [-0.1, -0.05) is 30.3 Å². The number of hydrogen-bond donors (Lipinski definition) is 4. The molecule has 1 unspecified atom stereocenters. The number of anilines is 1. The van der Waals surface area contributed by atoms with E-state index in [2.05, 4.69) is 10.6 Å². The second kappa shape index (κ2) is 9.86. The lowest BCUT2D eigenvalue weighted by Gasteiger charge is -2.23. The first-order valence-corrected chi connectivity index (χ1v) is 10.8. The number of aromatic hydroxyl groups is 2. The van der Waals surface area contributed by atoms with Gasteiger partial charge in [-0.25, -0.2) is 9.59 Å². The Labute approximate surface area is 196 Å². The number of phenols is 1. The molecule has 0 fully saturated rings. The van der Waals surface area contributed by atoms with E-state index < -0.39 is 40.7 Å². The average molecular weight is 469 g/mol. The molecule has 34 heavy (non-hydrogen) atoms. The van der Waals surface area contributed by atoms with E-state index in [0.717, 1.165) is 5.56 Å². The van der Waals surface area contributed by atoms with Crippen molar-refractivity contribution in [1.29, 1.82) is 0 Å². The molecule has 180 valence electrons. The molecule has 3 rings (SSSR count). The minimum absolute atomic E-state index is 0.00741. The molecular formula is C25H28N2O7. The van der Waals surface area contributed by atoms with Gasteiger partial charge in [-0.2, -0.15) is 0 Å². The van der Waals surface area contributed by atoms with Gasteiger partial charge in [0.2, 0.25) is 5.91 Å². The highest BCUT2D eigenvalue weighted by Crippen LogP contribution is 2.34. The van der Waals surface area contributed by atoms with Gasteiger partial charge in [-0.15, -0.1) is 0 Å². The van der Waals surface area contributed by atoms with Crippen LogP contribution >= 0.6 is 0 Å². The van der Waals surface area contributed by atoms with Crippen LogP contribution < -0.4 is 16.3 Å². The molecule has 1 aromatic heterocycles. The lowest BCUT2D eigenvalue weighted by atomic mass is 10.0. The fourth-order valence-electron chi connectivity index (χ4n) is 3.37. The SMILES string of the molecule is Cc1c(O)ccc2c(O)c(NC(=O)C(CCc3ccccc3)NC(=O)OC(C)(C)C)c(=O)oc12. The summed E-state index contributed by atoms with van der Waals surface area (Å²) >= 11 is 0. The number of amides is 2. The van der Waals surface area contributed by atoms with Gasteiger partial charge in [-0.05, 0) is 58.2 Å².